The van der Waals surface area contributed by atoms with Crippen molar-refractivity contribution in [1.82, 2.24) is 10.1 Å². The van der Waals surface area contributed by atoms with E-state index in [1.54, 1.807) is 0 Å². The smallest absolute Gasteiger partial charge is 0.264 e. The Bertz CT molecular complexity index is 686. The van der Waals surface area contributed by atoms with Gasteiger partial charge in [0.2, 0.25) is 0 Å². The molecule has 96 valence electrons. The Morgan fingerprint density at radius 2 is 1.95 bits per heavy atom. The molecule has 0 saturated carbocycles. The summed E-state index contributed by atoms with van der Waals surface area (Å²) in [4.78, 5) is 4.22. The van der Waals surface area contributed by atoms with Crippen LogP contribution in [0.15, 0.2) is 47.0 Å². The summed E-state index contributed by atoms with van der Waals surface area (Å²) in [6, 6.07) is 14.1. The molecule has 2 aromatic carbocycles. The van der Waals surface area contributed by atoms with Gasteiger partial charge in [0.15, 0.2) is 12.4 Å². The molecule has 4 heteroatoms. The summed E-state index contributed by atoms with van der Waals surface area (Å²) in [5, 5.41) is 6.08. The van der Waals surface area contributed by atoms with Crippen molar-refractivity contribution >= 4 is 10.8 Å². The number of benzene rings is 2. The van der Waals surface area contributed by atoms with Crippen LogP contribution in [-0.2, 0) is 13.0 Å². The van der Waals surface area contributed by atoms with Crippen molar-refractivity contribution in [3.8, 4) is 5.75 Å². The van der Waals surface area contributed by atoms with Gasteiger partial charge in [0.05, 0.1) is 0 Å². The Morgan fingerprint density at radius 1 is 1.11 bits per heavy atom. The van der Waals surface area contributed by atoms with Crippen LogP contribution in [0.4, 0.5) is 0 Å². The van der Waals surface area contributed by atoms with Crippen LogP contribution in [0.5, 0.6) is 5.75 Å². The van der Waals surface area contributed by atoms with E-state index in [2.05, 4.69) is 22.3 Å². The molecule has 3 rings (SSSR count). The lowest BCUT2D eigenvalue weighted by Crippen LogP contribution is -1.96. The van der Waals surface area contributed by atoms with E-state index < -0.39 is 0 Å². The monoisotopic (exact) mass is 254 g/mol. The van der Waals surface area contributed by atoms with E-state index in [1.165, 1.54) is 0 Å². The fourth-order valence-corrected chi connectivity index (χ4v) is 1.95. The van der Waals surface area contributed by atoms with Crippen LogP contribution in [0.1, 0.15) is 18.6 Å². The van der Waals surface area contributed by atoms with Gasteiger partial charge in [-0.3, -0.25) is 0 Å². The predicted octanol–water partition coefficient (Wildman–Crippen LogP) is 3.36. The molecule has 1 aromatic heterocycles. The van der Waals surface area contributed by atoms with Gasteiger partial charge in [-0.2, -0.15) is 4.98 Å². The van der Waals surface area contributed by atoms with Crippen molar-refractivity contribution in [1.29, 1.82) is 0 Å². The van der Waals surface area contributed by atoms with E-state index in [0.717, 1.165) is 22.9 Å². The Hall–Kier alpha value is -2.36. The van der Waals surface area contributed by atoms with Gasteiger partial charge in [0.25, 0.3) is 5.89 Å². The average Bonchev–Trinajstić information content (AvgIpc) is 2.93. The van der Waals surface area contributed by atoms with E-state index >= 15 is 0 Å². The molecule has 0 bridgehead atoms. The van der Waals surface area contributed by atoms with Crippen molar-refractivity contribution in [3.63, 3.8) is 0 Å². The zero-order valence-corrected chi connectivity index (χ0v) is 10.7. The van der Waals surface area contributed by atoms with Gasteiger partial charge in [-0.25, -0.2) is 0 Å². The summed E-state index contributed by atoms with van der Waals surface area (Å²) in [6.07, 6.45) is 0.762. The Balaban J connectivity index is 1.81. The number of nitrogens with zero attached hydrogens (tertiary/aromatic N) is 2. The highest BCUT2D eigenvalue weighted by Gasteiger charge is 2.07. The molecule has 4 nitrogen and oxygen atoms in total. The zero-order valence-electron chi connectivity index (χ0n) is 10.7. The van der Waals surface area contributed by atoms with E-state index in [9.17, 15) is 0 Å². The maximum absolute atomic E-state index is 5.77. The third-order valence-corrected chi connectivity index (χ3v) is 2.93. The minimum Gasteiger partial charge on any atom is -0.483 e. The van der Waals surface area contributed by atoms with Crippen LogP contribution >= 0.6 is 0 Å². The Labute approximate surface area is 111 Å². The molecule has 0 aliphatic rings. The van der Waals surface area contributed by atoms with Gasteiger partial charge in [0.1, 0.15) is 5.75 Å². The topological polar surface area (TPSA) is 48.2 Å². The van der Waals surface area contributed by atoms with Crippen molar-refractivity contribution in [2.45, 2.75) is 20.0 Å². The van der Waals surface area contributed by atoms with E-state index in [0.29, 0.717) is 18.3 Å². The maximum atomic E-state index is 5.77. The zero-order chi connectivity index (χ0) is 13.1. The second kappa shape index (κ2) is 5.10. The van der Waals surface area contributed by atoms with Gasteiger partial charge < -0.3 is 9.26 Å². The van der Waals surface area contributed by atoms with Crippen LogP contribution in [0.25, 0.3) is 10.8 Å². The molecule has 1 heterocycles. The van der Waals surface area contributed by atoms with Gasteiger partial charge in [0, 0.05) is 11.8 Å². The molecule has 3 aromatic rings. The molecule has 0 saturated heterocycles. The first-order chi connectivity index (χ1) is 9.36. The third kappa shape index (κ3) is 2.42. The summed E-state index contributed by atoms with van der Waals surface area (Å²) >= 11 is 0. The fraction of sp³-hybridized carbons (Fsp3) is 0.200. The lowest BCUT2D eigenvalue weighted by atomic mass is 10.1. The molecule has 19 heavy (non-hydrogen) atoms. The first kappa shape index (κ1) is 11.7. The molecule has 0 aliphatic carbocycles. The number of ether oxygens (including phenoxy) is 1. The molecule has 0 fully saturated rings. The average molecular weight is 254 g/mol. The number of aryl methyl sites for hydroxylation is 1. The highest BCUT2D eigenvalue weighted by atomic mass is 16.5. The van der Waals surface area contributed by atoms with Crippen LogP contribution in [0.3, 0.4) is 0 Å². The quantitative estimate of drug-likeness (QED) is 0.716. The molecule has 0 amide bonds. The maximum Gasteiger partial charge on any atom is 0.264 e. The molecule has 0 N–H and O–H groups in total. The Kier molecular flexibility index (Phi) is 3.14. The van der Waals surface area contributed by atoms with Crippen LogP contribution in [0.2, 0.25) is 0 Å². The van der Waals surface area contributed by atoms with Gasteiger partial charge in [-0.15, -0.1) is 0 Å². The van der Waals surface area contributed by atoms with Crippen molar-refractivity contribution < 1.29 is 9.26 Å². The highest BCUT2D eigenvalue weighted by Crippen LogP contribution is 2.25. The minimum absolute atomic E-state index is 0.293. The summed E-state index contributed by atoms with van der Waals surface area (Å²) in [5.74, 6) is 2.04. The summed E-state index contributed by atoms with van der Waals surface area (Å²) in [5.41, 5.74) is 0. The summed E-state index contributed by atoms with van der Waals surface area (Å²) in [7, 11) is 0. The predicted molar refractivity (Wildman–Crippen MR) is 72.0 cm³/mol. The van der Waals surface area contributed by atoms with E-state index in [1.807, 2.05) is 37.3 Å². The minimum atomic E-state index is 0.293. The number of hydrogen-bond donors (Lipinski definition) is 0. The summed E-state index contributed by atoms with van der Waals surface area (Å²) in [6.45, 7) is 2.28. The van der Waals surface area contributed by atoms with Crippen molar-refractivity contribution in [2.24, 2.45) is 0 Å². The van der Waals surface area contributed by atoms with Gasteiger partial charge in [-0.05, 0) is 11.5 Å². The number of hydrogen-bond acceptors (Lipinski definition) is 4. The molecule has 0 aliphatic heterocycles. The summed E-state index contributed by atoms with van der Waals surface area (Å²) < 4.78 is 10.9. The van der Waals surface area contributed by atoms with Crippen LogP contribution < -0.4 is 4.74 Å². The number of rotatable bonds is 4. The third-order valence-electron chi connectivity index (χ3n) is 2.93. The number of fused-ring (bicyclic) bond motifs is 1. The first-order valence-corrected chi connectivity index (χ1v) is 6.29. The van der Waals surface area contributed by atoms with Crippen molar-refractivity contribution in [3.05, 3.63) is 54.2 Å². The lowest BCUT2D eigenvalue weighted by Gasteiger charge is -2.06. The second-order valence-corrected chi connectivity index (χ2v) is 4.22. The van der Waals surface area contributed by atoms with Crippen LogP contribution in [-0.4, -0.2) is 10.1 Å². The van der Waals surface area contributed by atoms with Crippen molar-refractivity contribution in [2.75, 3.05) is 0 Å². The standard InChI is InChI=1S/C15H14N2O2/c1-2-14-16-15(19-17-14)10-18-13-9-5-7-11-6-3-4-8-12(11)13/h3-9H,2,10H2,1H3. The normalized spacial score (nSPS) is 10.8. The highest BCUT2D eigenvalue weighted by molar-refractivity contribution is 5.88. The Morgan fingerprint density at radius 3 is 2.79 bits per heavy atom. The fourth-order valence-electron chi connectivity index (χ4n) is 1.95. The van der Waals surface area contributed by atoms with Gasteiger partial charge in [-0.1, -0.05) is 48.5 Å². The van der Waals surface area contributed by atoms with E-state index in [-0.39, 0.29) is 0 Å². The van der Waals surface area contributed by atoms with Gasteiger partial charge >= 0.3 is 0 Å². The molecule has 0 atom stereocenters. The first-order valence-electron chi connectivity index (χ1n) is 6.29. The lowest BCUT2D eigenvalue weighted by molar-refractivity contribution is 0.245. The number of aromatic nitrogens is 2. The molecule has 0 radical (unpaired) electrons. The molecule has 0 unspecified atom stereocenters. The second-order valence-electron chi connectivity index (χ2n) is 4.22. The van der Waals surface area contributed by atoms with E-state index in [4.69, 9.17) is 9.26 Å². The van der Waals surface area contributed by atoms with Crippen LogP contribution in [0, 0.1) is 0 Å². The molecular formula is C15H14N2O2. The SMILES string of the molecule is CCc1noc(COc2cccc3ccccc23)n1. The molecular weight excluding hydrogens is 240 g/mol. The largest absolute Gasteiger partial charge is 0.483 e. The molecule has 0 spiro atoms.